The number of anilines is 1. The molecule has 0 aromatic carbocycles. The van der Waals surface area contributed by atoms with Crippen LogP contribution in [0.5, 0.6) is 0 Å². The molecule has 1 aliphatic rings. The molecular formula is C12H13N3O2S2. The van der Waals surface area contributed by atoms with Crippen LogP contribution in [0.15, 0.2) is 11.6 Å². The Morgan fingerprint density at radius 3 is 3.21 bits per heavy atom. The molecule has 0 bridgehead atoms. The van der Waals surface area contributed by atoms with Gasteiger partial charge in [0.05, 0.1) is 10.7 Å². The molecule has 3 rings (SSSR count). The Balaban J connectivity index is 1.61. The van der Waals surface area contributed by atoms with E-state index in [1.165, 1.54) is 0 Å². The number of aromatic nitrogens is 2. The third-order valence-electron chi connectivity index (χ3n) is 3.11. The third-order valence-corrected chi connectivity index (χ3v) is 5.04. The van der Waals surface area contributed by atoms with Crippen molar-refractivity contribution >= 4 is 33.8 Å². The Labute approximate surface area is 118 Å². The zero-order valence-corrected chi connectivity index (χ0v) is 11.8. The summed E-state index contributed by atoms with van der Waals surface area (Å²) in [5.41, 5.74) is 0.759. The maximum atomic E-state index is 11.1. The Morgan fingerprint density at radius 1 is 1.58 bits per heavy atom. The van der Waals surface area contributed by atoms with Crippen LogP contribution in [-0.4, -0.2) is 27.6 Å². The third kappa shape index (κ3) is 2.62. The Kier molecular flexibility index (Phi) is 3.48. The summed E-state index contributed by atoms with van der Waals surface area (Å²) in [6, 6.07) is 0. The van der Waals surface area contributed by atoms with Crippen molar-refractivity contribution in [2.45, 2.75) is 25.2 Å². The zero-order chi connectivity index (χ0) is 13.2. The molecular weight excluding hydrogens is 282 g/mol. The van der Waals surface area contributed by atoms with Crippen LogP contribution < -0.4 is 5.32 Å². The smallest absolute Gasteiger partial charge is 0.312 e. The number of aliphatic carboxylic acids is 1. The van der Waals surface area contributed by atoms with E-state index in [4.69, 9.17) is 5.11 Å². The highest BCUT2D eigenvalue weighted by Crippen LogP contribution is 2.38. The molecule has 2 heterocycles. The number of thiazole rings is 2. The second-order valence-corrected chi connectivity index (χ2v) is 6.42. The average Bonchev–Trinajstić information content (AvgIpc) is 3.03. The van der Waals surface area contributed by atoms with Crippen LogP contribution in [0, 0.1) is 0 Å². The lowest BCUT2D eigenvalue weighted by Crippen LogP contribution is -2.09. The molecule has 0 saturated heterocycles. The second kappa shape index (κ2) is 5.26. The van der Waals surface area contributed by atoms with Crippen molar-refractivity contribution < 1.29 is 9.90 Å². The predicted molar refractivity (Wildman–Crippen MR) is 75.1 cm³/mol. The molecule has 1 unspecified atom stereocenters. The number of fused-ring (bicyclic) bond motifs is 1. The highest BCUT2D eigenvalue weighted by molar-refractivity contribution is 7.15. The number of nitrogens with zero attached hydrogens (tertiary/aromatic N) is 2. The number of carboxylic acid groups (broad SMARTS) is 1. The van der Waals surface area contributed by atoms with Crippen molar-refractivity contribution in [3.8, 4) is 0 Å². The van der Waals surface area contributed by atoms with Crippen molar-refractivity contribution in [3.63, 3.8) is 0 Å². The van der Waals surface area contributed by atoms with E-state index in [0.717, 1.165) is 40.1 Å². The van der Waals surface area contributed by atoms with Crippen LogP contribution >= 0.6 is 22.7 Å². The largest absolute Gasteiger partial charge is 0.481 e. The molecule has 0 saturated carbocycles. The molecule has 2 aromatic heterocycles. The van der Waals surface area contributed by atoms with Gasteiger partial charge in [-0.1, -0.05) is 0 Å². The minimum atomic E-state index is -0.765. The van der Waals surface area contributed by atoms with Gasteiger partial charge in [0.1, 0.15) is 5.92 Å². The lowest BCUT2D eigenvalue weighted by atomic mass is 10.1. The van der Waals surface area contributed by atoms with Gasteiger partial charge in [-0.05, 0) is 12.8 Å². The van der Waals surface area contributed by atoms with Crippen LogP contribution in [0.2, 0.25) is 0 Å². The molecule has 1 aliphatic carbocycles. The number of carboxylic acids is 1. The van der Waals surface area contributed by atoms with Crippen LogP contribution in [-0.2, 0) is 17.6 Å². The molecule has 7 heteroatoms. The van der Waals surface area contributed by atoms with E-state index in [2.05, 4.69) is 15.3 Å². The summed E-state index contributed by atoms with van der Waals surface area (Å²) in [5, 5.41) is 16.2. The van der Waals surface area contributed by atoms with Crippen molar-refractivity contribution in [1.29, 1.82) is 0 Å². The van der Waals surface area contributed by atoms with Crippen molar-refractivity contribution in [3.05, 3.63) is 27.2 Å². The zero-order valence-electron chi connectivity index (χ0n) is 10.1. The molecule has 1 atom stereocenters. The average molecular weight is 295 g/mol. The minimum Gasteiger partial charge on any atom is -0.481 e. The fourth-order valence-electron chi connectivity index (χ4n) is 2.20. The van der Waals surface area contributed by atoms with Crippen molar-refractivity contribution in [2.75, 3.05) is 11.9 Å². The molecule has 0 spiro atoms. The molecule has 100 valence electrons. The number of hydrogen-bond acceptors (Lipinski definition) is 6. The Morgan fingerprint density at radius 2 is 2.47 bits per heavy atom. The monoisotopic (exact) mass is 295 g/mol. The summed E-state index contributed by atoms with van der Waals surface area (Å²) >= 11 is 3.22. The van der Waals surface area contributed by atoms with E-state index in [9.17, 15) is 4.79 Å². The summed E-state index contributed by atoms with van der Waals surface area (Å²) in [6.45, 7) is 0.775. The quantitative estimate of drug-likeness (QED) is 0.885. The first-order valence-corrected chi connectivity index (χ1v) is 7.78. The highest BCUT2D eigenvalue weighted by atomic mass is 32.1. The first-order chi connectivity index (χ1) is 9.24. The van der Waals surface area contributed by atoms with Gasteiger partial charge in [-0.15, -0.1) is 22.7 Å². The van der Waals surface area contributed by atoms with Crippen LogP contribution in [0.1, 0.15) is 27.9 Å². The molecule has 0 amide bonds. The van der Waals surface area contributed by atoms with Gasteiger partial charge in [0, 0.05) is 29.4 Å². The normalized spacial score (nSPS) is 17.4. The van der Waals surface area contributed by atoms with E-state index in [-0.39, 0.29) is 0 Å². The molecule has 0 radical (unpaired) electrons. The number of nitrogens with one attached hydrogen (secondary N) is 1. The van der Waals surface area contributed by atoms with E-state index >= 15 is 0 Å². The molecule has 2 aromatic rings. The lowest BCUT2D eigenvalue weighted by molar-refractivity contribution is -0.138. The van der Waals surface area contributed by atoms with E-state index in [1.54, 1.807) is 28.9 Å². The summed E-state index contributed by atoms with van der Waals surface area (Å²) < 4.78 is 0. The predicted octanol–water partition coefficient (Wildman–Crippen LogP) is 2.37. The number of hydrogen-bond donors (Lipinski definition) is 2. The fourth-order valence-corrected chi connectivity index (χ4v) is 3.88. The molecule has 5 nitrogen and oxygen atoms in total. The fraction of sp³-hybridized carbons (Fsp3) is 0.417. The second-order valence-electron chi connectivity index (χ2n) is 4.36. The van der Waals surface area contributed by atoms with Gasteiger partial charge < -0.3 is 10.4 Å². The first-order valence-electron chi connectivity index (χ1n) is 6.08. The van der Waals surface area contributed by atoms with Crippen LogP contribution in [0.3, 0.4) is 0 Å². The number of aryl methyl sites for hydroxylation is 1. The highest BCUT2D eigenvalue weighted by Gasteiger charge is 2.32. The summed E-state index contributed by atoms with van der Waals surface area (Å²) in [7, 11) is 0. The Bertz CT molecular complexity index is 580. The summed E-state index contributed by atoms with van der Waals surface area (Å²) in [4.78, 5) is 20.8. The van der Waals surface area contributed by atoms with Crippen LogP contribution in [0.4, 0.5) is 5.13 Å². The van der Waals surface area contributed by atoms with Crippen molar-refractivity contribution in [1.82, 2.24) is 9.97 Å². The molecule has 0 fully saturated rings. The van der Waals surface area contributed by atoms with Gasteiger partial charge in [0.15, 0.2) is 5.13 Å². The van der Waals surface area contributed by atoms with Gasteiger partial charge in [0.25, 0.3) is 0 Å². The van der Waals surface area contributed by atoms with E-state index in [1.807, 2.05) is 5.38 Å². The first kappa shape index (κ1) is 12.6. The summed E-state index contributed by atoms with van der Waals surface area (Å²) in [5.74, 6) is -1.18. The molecule has 0 aliphatic heterocycles. The van der Waals surface area contributed by atoms with Gasteiger partial charge in [0.2, 0.25) is 0 Å². The minimum absolute atomic E-state index is 0.416. The van der Waals surface area contributed by atoms with Gasteiger partial charge in [-0.25, -0.2) is 9.97 Å². The lowest BCUT2D eigenvalue weighted by Gasteiger charge is -2.03. The van der Waals surface area contributed by atoms with Gasteiger partial charge >= 0.3 is 5.97 Å². The van der Waals surface area contributed by atoms with Crippen molar-refractivity contribution in [2.24, 2.45) is 0 Å². The Hall–Kier alpha value is -1.47. The SMILES string of the molecule is O=C(O)C1CCc2sc(NCCc3nccs3)nc21. The number of rotatable bonds is 5. The molecule has 2 N–H and O–H groups in total. The van der Waals surface area contributed by atoms with Gasteiger partial charge in [-0.2, -0.15) is 0 Å². The molecule has 19 heavy (non-hydrogen) atoms. The summed E-state index contributed by atoms with van der Waals surface area (Å²) in [6.07, 6.45) is 4.18. The van der Waals surface area contributed by atoms with Gasteiger partial charge in [-0.3, -0.25) is 4.79 Å². The maximum Gasteiger partial charge on any atom is 0.312 e. The maximum absolute atomic E-state index is 11.1. The standard InChI is InChI=1S/C12H13N3O2S2/c16-11(17)7-1-2-8-10(7)15-12(19-8)14-4-3-9-13-5-6-18-9/h5-7H,1-4H2,(H,14,15)(H,16,17). The van der Waals surface area contributed by atoms with E-state index < -0.39 is 11.9 Å². The van der Waals surface area contributed by atoms with Crippen LogP contribution in [0.25, 0.3) is 0 Å². The topological polar surface area (TPSA) is 75.1 Å². The number of carbonyl (C=O) groups is 1. The van der Waals surface area contributed by atoms with E-state index in [0.29, 0.717) is 6.42 Å².